The lowest BCUT2D eigenvalue weighted by Crippen LogP contribution is -2.60. The maximum atomic E-state index is 6.17. The van der Waals surface area contributed by atoms with Crippen LogP contribution in [0.2, 0.25) is 0 Å². The van der Waals surface area contributed by atoms with Crippen molar-refractivity contribution < 1.29 is 18.7 Å². The number of quaternary nitrogens is 1. The molecule has 2 aliphatic rings. The van der Waals surface area contributed by atoms with Gasteiger partial charge in [-0.05, 0) is 19.9 Å². The predicted octanol–water partition coefficient (Wildman–Crippen LogP) is 1.33. The van der Waals surface area contributed by atoms with Crippen LogP contribution in [0, 0.1) is 0 Å². The molecule has 0 bridgehead atoms. The predicted molar refractivity (Wildman–Crippen MR) is 83.2 cm³/mol. The van der Waals surface area contributed by atoms with E-state index in [4.69, 9.17) is 14.2 Å². The minimum absolute atomic E-state index is 0.254. The van der Waals surface area contributed by atoms with Gasteiger partial charge >= 0.3 is 0 Å². The van der Waals surface area contributed by atoms with Crippen LogP contribution >= 0.6 is 0 Å². The van der Waals surface area contributed by atoms with Crippen LogP contribution in [0.4, 0.5) is 0 Å². The van der Waals surface area contributed by atoms with E-state index in [-0.39, 0.29) is 6.23 Å². The van der Waals surface area contributed by atoms with Crippen molar-refractivity contribution >= 4 is 0 Å². The van der Waals surface area contributed by atoms with Crippen LogP contribution in [0.3, 0.4) is 0 Å². The zero-order chi connectivity index (χ0) is 15.1. The molecule has 5 nitrogen and oxygen atoms in total. The van der Waals surface area contributed by atoms with E-state index in [1.54, 1.807) is 0 Å². The third-order valence-electron chi connectivity index (χ3n) is 5.23. The number of hydrogen-bond acceptors (Lipinski definition) is 4. The van der Waals surface area contributed by atoms with Gasteiger partial charge in [0, 0.05) is 20.0 Å². The molecule has 5 heteroatoms. The topological polar surface area (TPSA) is 30.9 Å². The fourth-order valence-electron chi connectivity index (χ4n) is 3.41. The zero-order valence-electron chi connectivity index (χ0n) is 14.1. The average Bonchev–Trinajstić information content (AvgIpc) is 2.55. The highest BCUT2D eigenvalue weighted by Crippen LogP contribution is 2.18. The fourth-order valence-corrected chi connectivity index (χ4v) is 3.41. The standard InChI is InChI=1S/C16H33N2O3/c1-4-17-7-11-21-16(14-17)6-10-20-15(3)18(5-2)8-12-19-13-9-18/h15-16H,4-14H2,1-3H3/q+1. The van der Waals surface area contributed by atoms with Crippen molar-refractivity contribution in [3.8, 4) is 0 Å². The molecule has 0 aromatic carbocycles. The third-order valence-corrected chi connectivity index (χ3v) is 5.23. The van der Waals surface area contributed by atoms with E-state index in [0.717, 1.165) is 76.6 Å². The monoisotopic (exact) mass is 301 g/mol. The van der Waals surface area contributed by atoms with Crippen molar-refractivity contribution in [1.82, 2.24) is 4.90 Å². The highest BCUT2D eigenvalue weighted by molar-refractivity contribution is 4.70. The first-order valence-corrected chi connectivity index (χ1v) is 8.59. The Bertz CT molecular complexity index is 295. The summed E-state index contributed by atoms with van der Waals surface area (Å²) < 4.78 is 18.5. The molecule has 0 saturated carbocycles. The first kappa shape index (κ1) is 17.2. The van der Waals surface area contributed by atoms with Crippen LogP contribution in [-0.4, -0.2) is 87.4 Å². The van der Waals surface area contributed by atoms with E-state index in [1.165, 1.54) is 0 Å². The van der Waals surface area contributed by atoms with Gasteiger partial charge < -0.3 is 14.2 Å². The maximum absolute atomic E-state index is 6.17. The van der Waals surface area contributed by atoms with Gasteiger partial charge in [-0.3, -0.25) is 9.38 Å². The summed E-state index contributed by atoms with van der Waals surface area (Å²) in [6.07, 6.45) is 1.59. The highest BCUT2D eigenvalue weighted by Gasteiger charge is 2.35. The molecule has 124 valence electrons. The van der Waals surface area contributed by atoms with Gasteiger partial charge in [-0.25, -0.2) is 0 Å². The van der Waals surface area contributed by atoms with E-state index < -0.39 is 0 Å². The Morgan fingerprint density at radius 2 is 2.00 bits per heavy atom. The summed E-state index contributed by atoms with van der Waals surface area (Å²) in [6.45, 7) is 16.6. The molecule has 2 rings (SSSR count). The molecule has 0 aromatic heterocycles. The number of morpholine rings is 2. The van der Waals surface area contributed by atoms with Crippen LogP contribution in [0.5, 0.6) is 0 Å². The first-order valence-electron chi connectivity index (χ1n) is 8.59. The van der Waals surface area contributed by atoms with Crippen LogP contribution in [0.25, 0.3) is 0 Å². The number of ether oxygens (including phenoxy) is 3. The second kappa shape index (κ2) is 8.44. The Morgan fingerprint density at radius 3 is 2.67 bits per heavy atom. The highest BCUT2D eigenvalue weighted by atomic mass is 16.5. The largest absolute Gasteiger partial charge is 0.375 e. The Labute approximate surface area is 129 Å². The molecule has 2 unspecified atom stereocenters. The van der Waals surface area contributed by atoms with Crippen molar-refractivity contribution in [3.63, 3.8) is 0 Å². The van der Waals surface area contributed by atoms with Crippen molar-refractivity contribution in [2.75, 3.05) is 65.7 Å². The maximum Gasteiger partial charge on any atom is 0.190 e. The molecular weight excluding hydrogens is 268 g/mol. The van der Waals surface area contributed by atoms with Crippen LogP contribution in [-0.2, 0) is 14.2 Å². The molecule has 2 atom stereocenters. The lowest BCUT2D eigenvalue weighted by atomic mass is 10.2. The number of rotatable bonds is 7. The van der Waals surface area contributed by atoms with Crippen molar-refractivity contribution in [2.45, 2.75) is 39.5 Å². The van der Waals surface area contributed by atoms with E-state index in [2.05, 4.69) is 25.7 Å². The van der Waals surface area contributed by atoms with Gasteiger partial charge in [0.1, 0.15) is 13.1 Å². The molecule has 2 heterocycles. The SMILES string of the molecule is CCN1CCOC(CCOC(C)[N+]2(CC)CCOCC2)C1. The van der Waals surface area contributed by atoms with Gasteiger partial charge in [-0.15, -0.1) is 0 Å². The lowest BCUT2D eigenvalue weighted by Gasteiger charge is -2.44. The third kappa shape index (κ3) is 4.63. The number of hydrogen-bond donors (Lipinski definition) is 0. The van der Waals surface area contributed by atoms with Crippen LogP contribution in [0.15, 0.2) is 0 Å². The Morgan fingerprint density at radius 1 is 1.24 bits per heavy atom. The Kier molecular flexibility index (Phi) is 6.89. The van der Waals surface area contributed by atoms with Crippen LogP contribution in [0.1, 0.15) is 27.2 Å². The summed E-state index contributed by atoms with van der Waals surface area (Å²) in [5.41, 5.74) is 0. The van der Waals surface area contributed by atoms with Gasteiger partial charge in [-0.1, -0.05) is 6.92 Å². The summed E-state index contributed by atoms with van der Waals surface area (Å²) in [7, 11) is 0. The van der Waals surface area contributed by atoms with Gasteiger partial charge in [0.05, 0.1) is 39.1 Å². The minimum Gasteiger partial charge on any atom is -0.375 e. The molecule has 0 N–H and O–H groups in total. The molecule has 0 radical (unpaired) electrons. The van der Waals surface area contributed by atoms with E-state index in [0.29, 0.717) is 6.10 Å². The summed E-state index contributed by atoms with van der Waals surface area (Å²) in [4.78, 5) is 2.46. The molecule has 21 heavy (non-hydrogen) atoms. The van der Waals surface area contributed by atoms with E-state index >= 15 is 0 Å². The normalized spacial score (nSPS) is 28.4. The fraction of sp³-hybridized carbons (Fsp3) is 1.00. The average molecular weight is 301 g/mol. The van der Waals surface area contributed by atoms with Gasteiger partial charge in [0.2, 0.25) is 0 Å². The van der Waals surface area contributed by atoms with Crippen molar-refractivity contribution in [1.29, 1.82) is 0 Å². The molecule has 0 spiro atoms. The van der Waals surface area contributed by atoms with Crippen LogP contribution < -0.4 is 0 Å². The molecule has 2 saturated heterocycles. The Balaban J connectivity index is 1.71. The molecule has 0 aliphatic carbocycles. The van der Waals surface area contributed by atoms with Crippen molar-refractivity contribution in [3.05, 3.63) is 0 Å². The minimum atomic E-state index is 0.254. The summed E-state index contributed by atoms with van der Waals surface area (Å²) in [5, 5.41) is 0. The molecule has 0 amide bonds. The lowest BCUT2D eigenvalue weighted by molar-refractivity contribution is -0.974. The van der Waals surface area contributed by atoms with Crippen molar-refractivity contribution in [2.24, 2.45) is 0 Å². The molecule has 2 aliphatic heterocycles. The molecule has 2 fully saturated rings. The van der Waals surface area contributed by atoms with E-state index in [1.807, 2.05) is 0 Å². The summed E-state index contributed by atoms with van der Waals surface area (Å²) in [6, 6.07) is 0. The zero-order valence-corrected chi connectivity index (χ0v) is 14.1. The van der Waals surface area contributed by atoms with E-state index in [9.17, 15) is 0 Å². The number of likely N-dealkylation sites (N-methyl/N-ethyl adjacent to an activating group) is 2. The molecule has 0 aromatic rings. The Hall–Kier alpha value is -0.200. The second-order valence-corrected chi connectivity index (χ2v) is 6.24. The summed E-state index contributed by atoms with van der Waals surface area (Å²) in [5.74, 6) is 0. The van der Waals surface area contributed by atoms with Gasteiger partial charge in [0.15, 0.2) is 6.23 Å². The van der Waals surface area contributed by atoms with Gasteiger partial charge in [0.25, 0.3) is 0 Å². The second-order valence-electron chi connectivity index (χ2n) is 6.24. The molecular formula is C16H33N2O3+. The quantitative estimate of drug-likeness (QED) is 0.664. The number of nitrogens with zero attached hydrogens (tertiary/aromatic N) is 2. The first-order chi connectivity index (χ1) is 10.2. The summed E-state index contributed by atoms with van der Waals surface area (Å²) >= 11 is 0. The smallest absolute Gasteiger partial charge is 0.190 e. The van der Waals surface area contributed by atoms with Gasteiger partial charge in [-0.2, -0.15) is 0 Å².